The van der Waals surface area contributed by atoms with Crippen molar-refractivity contribution >= 4 is 11.7 Å². The number of aryl methyl sites for hydroxylation is 1. The Morgan fingerprint density at radius 1 is 1.20 bits per heavy atom. The van der Waals surface area contributed by atoms with Crippen molar-refractivity contribution in [3.63, 3.8) is 0 Å². The third-order valence-corrected chi connectivity index (χ3v) is 4.13. The third-order valence-electron chi connectivity index (χ3n) is 4.13. The molecule has 4 nitrogen and oxygen atoms in total. The molecule has 0 bridgehead atoms. The summed E-state index contributed by atoms with van der Waals surface area (Å²) in [6.07, 6.45) is 3.43. The Hall–Kier alpha value is -1.55. The fourth-order valence-electron chi connectivity index (χ4n) is 2.81. The van der Waals surface area contributed by atoms with Crippen LogP contribution in [0.3, 0.4) is 0 Å². The normalized spacial score (nSPS) is 26.1. The lowest BCUT2D eigenvalue weighted by Gasteiger charge is -2.38. The molecule has 110 valence electrons. The van der Waals surface area contributed by atoms with Crippen LogP contribution in [0.2, 0.25) is 0 Å². The molecule has 0 spiro atoms. The van der Waals surface area contributed by atoms with Gasteiger partial charge in [0.2, 0.25) is 0 Å². The van der Waals surface area contributed by atoms with Gasteiger partial charge < -0.3 is 14.8 Å². The van der Waals surface area contributed by atoms with Gasteiger partial charge in [0.25, 0.3) is 0 Å². The Kier molecular flexibility index (Phi) is 4.65. The molecule has 0 aliphatic heterocycles. The van der Waals surface area contributed by atoms with Crippen molar-refractivity contribution in [1.29, 1.82) is 0 Å². The molecule has 1 saturated carbocycles. The summed E-state index contributed by atoms with van der Waals surface area (Å²) in [5, 5.41) is 3.39. The van der Waals surface area contributed by atoms with Gasteiger partial charge in [-0.25, -0.2) is 4.79 Å². The molecule has 1 aliphatic rings. The first kappa shape index (κ1) is 14.9. The molecule has 1 aromatic carbocycles. The number of ether oxygens (including phenoxy) is 2. The first-order valence-corrected chi connectivity index (χ1v) is 7.06. The zero-order valence-corrected chi connectivity index (χ0v) is 12.4. The number of benzene rings is 1. The molecule has 0 radical (unpaired) electrons. The molecule has 0 unspecified atom stereocenters. The van der Waals surface area contributed by atoms with E-state index in [1.54, 1.807) is 7.11 Å². The number of anilines is 1. The van der Waals surface area contributed by atoms with Crippen LogP contribution < -0.4 is 5.32 Å². The second-order valence-electron chi connectivity index (χ2n) is 5.50. The van der Waals surface area contributed by atoms with Crippen LogP contribution in [0, 0.1) is 6.92 Å². The highest BCUT2D eigenvalue weighted by molar-refractivity contribution is 5.84. The van der Waals surface area contributed by atoms with E-state index in [4.69, 9.17) is 9.47 Å². The molecule has 0 heterocycles. The number of methoxy groups -OCH3 is 2. The predicted octanol–water partition coefficient (Wildman–Crippen LogP) is 2.91. The Balaban J connectivity index is 2.16. The van der Waals surface area contributed by atoms with Crippen molar-refractivity contribution in [1.82, 2.24) is 0 Å². The summed E-state index contributed by atoms with van der Waals surface area (Å²) >= 11 is 0. The van der Waals surface area contributed by atoms with E-state index < -0.39 is 5.54 Å². The van der Waals surface area contributed by atoms with Crippen LogP contribution in [0.4, 0.5) is 5.69 Å². The lowest BCUT2D eigenvalue weighted by atomic mass is 9.80. The molecule has 1 fully saturated rings. The Morgan fingerprint density at radius 2 is 1.80 bits per heavy atom. The topological polar surface area (TPSA) is 47.6 Å². The quantitative estimate of drug-likeness (QED) is 0.860. The highest BCUT2D eigenvalue weighted by Crippen LogP contribution is 2.34. The van der Waals surface area contributed by atoms with Crippen molar-refractivity contribution in [3.8, 4) is 0 Å². The van der Waals surface area contributed by atoms with Gasteiger partial charge in [0.1, 0.15) is 5.54 Å². The average molecular weight is 277 g/mol. The summed E-state index contributed by atoms with van der Waals surface area (Å²) in [6.45, 7) is 2.05. The first-order chi connectivity index (χ1) is 9.59. The number of rotatable bonds is 4. The zero-order chi connectivity index (χ0) is 14.6. The fraction of sp³-hybridized carbons (Fsp3) is 0.562. The number of nitrogens with one attached hydrogen (secondary N) is 1. The Bertz CT molecular complexity index is 447. The van der Waals surface area contributed by atoms with E-state index in [0.717, 1.165) is 31.4 Å². The highest BCUT2D eigenvalue weighted by Gasteiger charge is 2.43. The summed E-state index contributed by atoms with van der Waals surface area (Å²) in [6, 6.07) is 8.08. The monoisotopic (exact) mass is 277 g/mol. The van der Waals surface area contributed by atoms with Crippen LogP contribution >= 0.6 is 0 Å². The van der Waals surface area contributed by atoms with Crippen LogP contribution in [-0.2, 0) is 14.3 Å². The van der Waals surface area contributed by atoms with E-state index in [1.165, 1.54) is 12.7 Å². The van der Waals surface area contributed by atoms with Gasteiger partial charge in [-0.2, -0.15) is 0 Å². The molecule has 1 N–H and O–H groups in total. The Morgan fingerprint density at radius 3 is 2.30 bits per heavy atom. The van der Waals surface area contributed by atoms with Crippen LogP contribution in [0.5, 0.6) is 0 Å². The van der Waals surface area contributed by atoms with E-state index in [-0.39, 0.29) is 12.1 Å². The molecule has 4 heteroatoms. The largest absolute Gasteiger partial charge is 0.467 e. The van der Waals surface area contributed by atoms with Crippen LogP contribution in [0.25, 0.3) is 0 Å². The Labute approximate surface area is 120 Å². The summed E-state index contributed by atoms with van der Waals surface area (Å²) in [4.78, 5) is 12.2. The molecule has 0 atom stereocenters. The smallest absolute Gasteiger partial charge is 0.331 e. The summed E-state index contributed by atoms with van der Waals surface area (Å²) in [7, 11) is 3.17. The number of hydrogen-bond donors (Lipinski definition) is 1. The van der Waals surface area contributed by atoms with E-state index in [2.05, 4.69) is 5.32 Å². The summed E-state index contributed by atoms with van der Waals surface area (Å²) in [5.74, 6) is -0.187. The number of carbonyl (C=O) groups excluding carboxylic acids is 1. The highest BCUT2D eigenvalue weighted by atomic mass is 16.5. The van der Waals surface area contributed by atoms with Crippen molar-refractivity contribution in [2.45, 2.75) is 44.2 Å². The lowest BCUT2D eigenvalue weighted by Crippen LogP contribution is -2.50. The number of esters is 1. The summed E-state index contributed by atoms with van der Waals surface area (Å²) < 4.78 is 10.4. The molecule has 2 rings (SSSR count). The molecule has 1 aromatic rings. The minimum absolute atomic E-state index is 0.187. The SMILES string of the molecule is COC(=O)C1(Nc2ccc(C)cc2)CCC(OC)CC1. The van der Waals surface area contributed by atoms with Gasteiger partial charge in [0.15, 0.2) is 0 Å². The van der Waals surface area contributed by atoms with Gasteiger partial charge >= 0.3 is 5.97 Å². The van der Waals surface area contributed by atoms with Crippen molar-refractivity contribution < 1.29 is 14.3 Å². The van der Waals surface area contributed by atoms with Gasteiger partial charge in [-0.1, -0.05) is 17.7 Å². The van der Waals surface area contributed by atoms with Crippen LogP contribution in [-0.4, -0.2) is 31.8 Å². The molecular weight excluding hydrogens is 254 g/mol. The fourth-order valence-corrected chi connectivity index (χ4v) is 2.81. The average Bonchev–Trinajstić information content (AvgIpc) is 2.49. The second kappa shape index (κ2) is 6.27. The van der Waals surface area contributed by atoms with E-state index in [1.807, 2.05) is 31.2 Å². The molecule has 20 heavy (non-hydrogen) atoms. The van der Waals surface area contributed by atoms with Crippen LogP contribution in [0.15, 0.2) is 24.3 Å². The van der Waals surface area contributed by atoms with Gasteiger partial charge in [-0.05, 0) is 44.7 Å². The number of carbonyl (C=O) groups is 1. The molecule has 0 saturated heterocycles. The molecule has 1 aliphatic carbocycles. The van der Waals surface area contributed by atoms with Gasteiger partial charge in [-0.15, -0.1) is 0 Å². The second-order valence-corrected chi connectivity index (χ2v) is 5.50. The van der Waals surface area contributed by atoms with Gasteiger partial charge in [0, 0.05) is 12.8 Å². The lowest BCUT2D eigenvalue weighted by molar-refractivity contribution is -0.148. The van der Waals surface area contributed by atoms with E-state index >= 15 is 0 Å². The van der Waals surface area contributed by atoms with E-state index in [0.29, 0.717) is 0 Å². The van der Waals surface area contributed by atoms with Gasteiger partial charge in [0.05, 0.1) is 13.2 Å². The molecule has 0 aromatic heterocycles. The maximum atomic E-state index is 12.2. The minimum atomic E-state index is -0.626. The van der Waals surface area contributed by atoms with E-state index in [9.17, 15) is 4.79 Å². The number of hydrogen-bond acceptors (Lipinski definition) is 4. The van der Waals surface area contributed by atoms with Gasteiger partial charge in [-0.3, -0.25) is 0 Å². The van der Waals surface area contributed by atoms with Crippen molar-refractivity contribution in [2.75, 3.05) is 19.5 Å². The summed E-state index contributed by atoms with van der Waals surface area (Å²) in [5.41, 5.74) is 1.53. The molecule has 0 amide bonds. The maximum Gasteiger partial charge on any atom is 0.331 e. The standard InChI is InChI=1S/C16H23NO3/c1-12-4-6-13(7-5-12)17-16(15(18)20-3)10-8-14(19-2)9-11-16/h4-7,14,17H,8-11H2,1-3H3. The zero-order valence-electron chi connectivity index (χ0n) is 12.4. The minimum Gasteiger partial charge on any atom is -0.467 e. The maximum absolute atomic E-state index is 12.2. The van der Waals surface area contributed by atoms with Crippen LogP contribution in [0.1, 0.15) is 31.2 Å². The molecular formula is C16H23NO3. The first-order valence-electron chi connectivity index (χ1n) is 7.06. The predicted molar refractivity (Wildman–Crippen MR) is 78.8 cm³/mol. The third kappa shape index (κ3) is 3.12. The van der Waals surface area contributed by atoms with Crippen molar-refractivity contribution in [2.24, 2.45) is 0 Å². The van der Waals surface area contributed by atoms with Crippen molar-refractivity contribution in [3.05, 3.63) is 29.8 Å².